The van der Waals surface area contributed by atoms with Gasteiger partial charge in [0, 0.05) is 10.7 Å². The molecule has 0 atom stereocenters. The Hall–Kier alpha value is -0.740. The molecule has 0 radical (unpaired) electrons. The van der Waals surface area contributed by atoms with Gasteiger partial charge in [-0.1, -0.05) is 19.1 Å². The summed E-state index contributed by atoms with van der Waals surface area (Å²) in [5, 5.41) is 0. The lowest BCUT2D eigenvalue weighted by atomic mass is 10.2. The zero-order valence-electron chi connectivity index (χ0n) is 8.44. The van der Waals surface area contributed by atoms with Gasteiger partial charge in [-0.3, -0.25) is 0 Å². The molecule has 3 nitrogen and oxygen atoms in total. The first-order chi connectivity index (χ1) is 7.01. The maximum atomic E-state index is 10.6. The van der Waals surface area contributed by atoms with Crippen molar-refractivity contribution in [3.05, 3.63) is 29.8 Å². The van der Waals surface area contributed by atoms with Crippen LogP contribution in [0.15, 0.2) is 24.3 Å². The number of benzene rings is 1. The lowest BCUT2D eigenvalue weighted by molar-refractivity contribution is 0.341. The Morgan fingerprint density at radius 3 is 2.73 bits per heavy atom. The molecule has 1 aromatic rings. The largest absolute Gasteiger partial charge is 0.492 e. The lowest BCUT2D eigenvalue weighted by Crippen LogP contribution is -2.08. The Balaban J connectivity index is 2.51. The number of aryl methyl sites for hydroxylation is 1. The van der Waals surface area contributed by atoms with Crippen LogP contribution in [0.25, 0.3) is 0 Å². The van der Waals surface area contributed by atoms with E-state index in [4.69, 9.17) is 15.4 Å². The molecule has 0 aliphatic carbocycles. The van der Waals surface area contributed by atoms with E-state index in [1.165, 1.54) is 0 Å². The van der Waals surface area contributed by atoms with E-state index < -0.39 is 9.05 Å². The summed E-state index contributed by atoms with van der Waals surface area (Å²) in [5.74, 6) is 0.500. The molecule has 0 heterocycles. The molecule has 0 fully saturated rings. The summed E-state index contributed by atoms with van der Waals surface area (Å²) in [6.07, 6.45) is 0.922. The van der Waals surface area contributed by atoms with Crippen LogP contribution in [0.4, 0.5) is 0 Å². The molecule has 0 bridgehead atoms. The molecular weight excluding hydrogens is 236 g/mol. The Kier molecular flexibility index (Phi) is 4.42. The number of halogens is 1. The molecular formula is C10H13ClO3S. The first kappa shape index (κ1) is 12.3. The van der Waals surface area contributed by atoms with Gasteiger partial charge in [0.25, 0.3) is 0 Å². The van der Waals surface area contributed by atoms with E-state index in [0.717, 1.165) is 12.0 Å². The molecule has 5 heteroatoms. The van der Waals surface area contributed by atoms with Gasteiger partial charge in [0.2, 0.25) is 9.05 Å². The number of rotatable bonds is 5. The predicted octanol–water partition coefficient (Wildman–Crippen LogP) is 2.20. The van der Waals surface area contributed by atoms with Crippen LogP contribution < -0.4 is 4.74 Å². The third-order valence-corrected chi connectivity index (χ3v) is 3.02. The van der Waals surface area contributed by atoms with Gasteiger partial charge in [-0.2, -0.15) is 0 Å². The van der Waals surface area contributed by atoms with Gasteiger partial charge in [0.05, 0.1) is 5.75 Å². The SMILES string of the molecule is CCc1cccc(OCCS(=O)(=O)Cl)c1. The van der Waals surface area contributed by atoms with E-state index in [2.05, 4.69) is 0 Å². The Morgan fingerprint density at radius 2 is 2.13 bits per heavy atom. The van der Waals surface area contributed by atoms with Crippen molar-refractivity contribution < 1.29 is 13.2 Å². The lowest BCUT2D eigenvalue weighted by Gasteiger charge is -2.05. The second-order valence-corrected chi connectivity index (χ2v) is 5.99. The minimum atomic E-state index is -3.46. The van der Waals surface area contributed by atoms with Crippen LogP contribution in [0, 0.1) is 0 Å². The maximum absolute atomic E-state index is 10.6. The van der Waals surface area contributed by atoms with Crippen LogP contribution in [-0.4, -0.2) is 20.8 Å². The Labute approximate surface area is 94.4 Å². The van der Waals surface area contributed by atoms with E-state index in [1.807, 2.05) is 25.1 Å². The maximum Gasteiger partial charge on any atom is 0.235 e. The Bertz CT molecular complexity index is 414. The molecule has 0 aliphatic heterocycles. The molecule has 84 valence electrons. The van der Waals surface area contributed by atoms with Gasteiger partial charge in [-0.25, -0.2) is 8.42 Å². The highest BCUT2D eigenvalue weighted by molar-refractivity contribution is 8.13. The fourth-order valence-electron chi connectivity index (χ4n) is 1.11. The van der Waals surface area contributed by atoms with Crippen LogP contribution >= 0.6 is 10.7 Å². The predicted molar refractivity (Wildman–Crippen MR) is 61.0 cm³/mol. The molecule has 1 rings (SSSR count). The third-order valence-electron chi connectivity index (χ3n) is 1.90. The van der Waals surface area contributed by atoms with Gasteiger partial charge in [0.15, 0.2) is 0 Å². The summed E-state index contributed by atoms with van der Waals surface area (Å²) in [6.45, 7) is 2.13. The van der Waals surface area contributed by atoms with Crippen molar-refractivity contribution in [1.82, 2.24) is 0 Å². The highest BCUT2D eigenvalue weighted by Gasteiger charge is 2.05. The first-order valence-electron chi connectivity index (χ1n) is 4.65. The molecule has 1 aromatic carbocycles. The summed E-state index contributed by atoms with van der Waals surface area (Å²) in [6, 6.07) is 7.55. The molecule has 0 spiro atoms. The summed E-state index contributed by atoms with van der Waals surface area (Å²) in [4.78, 5) is 0. The van der Waals surface area contributed by atoms with Crippen molar-refractivity contribution in [1.29, 1.82) is 0 Å². The fourth-order valence-corrected chi connectivity index (χ4v) is 1.59. The van der Waals surface area contributed by atoms with Crippen molar-refractivity contribution in [3.63, 3.8) is 0 Å². The second kappa shape index (κ2) is 5.37. The normalized spacial score (nSPS) is 11.3. The zero-order valence-corrected chi connectivity index (χ0v) is 10.0. The average Bonchev–Trinajstić information content (AvgIpc) is 2.16. The highest BCUT2D eigenvalue weighted by Crippen LogP contribution is 2.13. The quantitative estimate of drug-likeness (QED) is 0.751. The molecule has 0 aromatic heterocycles. The van der Waals surface area contributed by atoms with Crippen molar-refractivity contribution in [2.75, 3.05) is 12.4 Å². The molecule has 0 saturated heterocycles. The molecule has 0 amide bonds. The van der Waals surface area contributed by atoms with E-state index >= 15 is 0 Å². The molecule has 0 aliphatic rings. The van der Waals surface area contributed by atoms with E-state index in [0.29, 0.717) is 5.75 Å². The third kappa shape index (κ3) is 5.04. The van der Waals surface area contributed by atoms with E-state index in [9.17, 15) is 8.42 Å². The van der Waals surface area contributed by atoms with E-state index in [-0.39, 0.29) is 12.4 Å². The summed E-state index contributed by atoms with van der Waals surface area (Å²) < 4.78 is 26.5. The zero-order chi connectivity index (χ0) is 11.3. The van der Waals surface area contributed by atoms with Crippen molar-refractivity contribution in [3.8, 4) is 5.75 Å². The van der Waals surface area contributed by atoms with Crippen LogP contribution in [0.1, 0.15) is 12.5 Å². The average molecular weight is 249 g/mol. The van der Waals surface area contributed by atoms with Gasteiger partial charge < -0.3 is 4.74 Å². The first-order valence-corrected chi connectivity index (χ1v) is 7.13. The van der Waals surface area contributed by atoms with Crippen LogP contribution in [-0.2, 0) is 15.5 Å². The molecule has 0 N–H and O–H groups in total. The fraction of sp³-hybridized carbons (Fsp3) is 0.400. The van der Waals surface area contributed by atoms with E-state index in [1.54, 1.807) is 6.07 Å². The Morgan fingerprint density at radius 1 is 1.40 bits per heavy atom. The van der Waals surface area contributed by atoms with Gasteiger partial charge in [-0.15, -0.1) is 0 Å². The van der Waals surface area contributed by atoms with Gasteiger partial charge in [0.1, 0.15) is 12.4 Å². The number of hydrogen-bond acceptors (Lipinski definition) is 3. The number of ether oxygens (including phenoxy) is 1. The minimum absolute atomic E-state index is 0.0823. The topological polar surface area (TPSA) is 43.4 Å². The van der Waals surface area contributed by atoms with Crippen molar-refractivity contribution in [2.45, 2.75) is 13.3 Å². The van der Waals surface area contributed by atoms with Crippen LogP contribution in [0.3, 0.4) is 0 Å². The summed E-state index contributed by atoms with van der Waals surface area (Å²) in [7, 11) is 1.59. The monoisotopic (exact) mass is 248 g/mol. The second-order valence-electron chi connectivity index (χ2n) is 3.09. The summed E-state index contributed by atoms with van der Waals surface area (Å²) >= 11 is 0. The smallest absolute Gasteiger partial charge is 0.235 e. The number of hydrogen-bond donors (Lipinski definition) is 0. The van der Waals surface area contributed by atoms with Crippen LogP contribution in [0.2, 0.25) is 0 Å². The highest BCUT2D eigenvalue weighted by atomic mass is 35.7. The minimum Gasteiger partial charge on any atom is -0.492 e. The molecule has 0 saturated carbocycles. The van der Waals surface area contributed by atoms with Gasteiger partial charge in [-0.05, 0) is 24.1 Å². The molecule has 15 heavy (non-hydrogen) atoms. The van der Waals surface area contributed by atoms with Crippen LogP contribution in [0.5, 0.6) is 5.75 Å². The van der Waals surface area contributed by atoms with Crippen molar-refractivity contribution >= 4 is 19.7 Å². The van der Waals surface area contributed by atoms with Gasteiger partial charge >= 0.3 is 0 Å². The van der Waals surface area contributed by atoms with Crippen molar-refractivity contribution in [2.24, 2.45) is 0 Å². The molecule has 0 unspecified atom stereocenters. The summed E-state index contributed by atoms with van der Waals surface area (Å²) in [5.41, 5.74) is 1.15. The standard InChI is InChI=1S/C10H13ClO3S/c1-2-9-4-3-5-10(8-9)14-6-7-15(11,12)13/h3-5,8H,2,6-7H2,1H3.